The lowest BCUT2D eigenvalue weighted by Crippen LogP contribution is -2.22. The summed E-state index contributed by atoms with van der Waals surface area (Å²) in [5.74, 6) is 1.05. The summed E-state index contributed by atoms with van der Waals surface area (Å²) in [7, 11) is 3.04. The molecule has 102 valence electrons. The summed E-state index contributed by atoms with van der Waals surface area (Å²) in [6, 6.07) is 5.17. The van der Waals surface area contributed by atoms with Gasteiger partial charge in [-0.3, -0.25) is 0 Å². The van der Waals surface area contributed by atoms with Crippen LogP contribution in [0.4, 0.5) is 0 Å². The maximum atomic E-state index is 9.49. The summed E-state index contributed by atoms with van der Waals surface area (Å²) in [4.78, 5) is 0. The van der Waals surface area contributed by atoms with Crippen LogP contribution in [-0.2, 0) is 4.74 Å². The van der Waals surface area contributed by atoms with Gasteiger partial charge in [-0.1, -0.05) is 6.07 Å². The summed E-state index contributed by atoms with van der Waals surface area (Å²) in [6.07, 6.45) is -1.25. The van der Waals surface area contributed by atoms with Crippen molar-refractivity contribution in [3.8, 4) is 11.5 Å². The number of hydrogen-bond donors (Lipinski definition) is 2. The molecule has 1 rings (SSSR count). The Balaban J connectivity index is 2.70. The monoisotopic (exact) mass is 256 g/mol. The van der Waals surface area contributed by atoms with E-state index in [0.29, 0.717) is 11.5 Å². The highest BCUT2D eigenvalue weighted by atomic mass is 16.5. The Morgan fingerprint density at radius 3 is 2.39 bits per heavy atom. The van der Waals surface area contributed by atoms with E-state index in [0.717, 1.165) is 5.56 Å². The predicted molar refractivity (Wildman–Crippen MR) is 67.0 cm³/mol. The van der Waals surface area contributed by atoms with Crippen molar-refractivity contribution >= 4 is 0 Å². The maximum absolute atomic E-state index is 9.49. The number of hydrogen-bond acceptors (Lipinski definition) is 5. The Morgan fingerprint density at radius 2 is 1.83 bits per heavy atom. The second kappa shape index (κ2) is 7.20. The Labute approximate surface area is 107 Å². The van der Waals surface area contributed by atoms with Gasteiger partial charge >= 0.3 is 0 Å². The van der Waals surface area contributed by atoms with Gasteiger partial charge in [0.1, 0.15) is 12.7 Å². The Morgan fingerprint density at radius 1 is 1.11 bits per heavy atom. The molecular weight excluding hydrogens is 236 g/mol. The fourth-order valence-corrected chi connectivity index (χ4v) is 1.49. The molecule has 18 heavy (non-hydrogen) atoms. The summed E-state index contributed by atoms with van der Waals surface area (Å²) in [5.41, 5.74) is 0.747. The minimum Gasteiger partial charge on any atom is -0.493 e. The van der Waals surface area contributed by atoms with E-state index in [1.807, 2.05) is 0 Å². The average molecular weight is 256 g/mol. The molecule has 0 saturated carbocycles. The van der Waals surface area contributed by atoms with E-state index in [4.69, 9.17) is 14.2 Å². The standard InChI is InChI=1S/C13H20O5/c1-9(14)10-4-5-12(13(6-10)17-3)18-8-11(15)7-16-2/h4-6,9,11,14-15H,7-8H2,1-3H3/t9-,11?/m1/s1. The summed E-state index contributed by atoms with van der Waals surface area (Å²) in [5, 5.41) is 19.0. The van der Waals surface area contributed by atoms with E-state index in [1.165, 1.54) is 14.2 Å². The molecule has 0 radical (unpaired) electrons. The van der Waals surface area contributed by atoms with E-state index >= 15 is 0 Å². The van der Waals surface area contributed by atoms with Gasteiger partial charge in [0.2, 0.25) is 0 Å². The van der Waals surface area contributed by atoms with Crippen LogP contribution in [0.15, 0.2) is 18.2 Å². The van der Waals surface area contributed by atoms with Gasteiger partial charge in [0.25, 0.3) is 0 Å². The number of aliphatic hydroxyl groups is 2. The lowest BCUT2D eigenvalue weighted by Gasteiger charge is -2.15. The number of rotatable bonds is 7. The van der Waals surface area contributed by atoms with Gasteiger partial charge < -0.3 is 24.4 Å². The third kappa shape index (κ3) is 4.18. The van der Waals surface area contributed by atoms with Crippen molar-refractivity contribution in [2.75, 3.05) is 27.4 Å². The average Bonchev–Trinajstić information content (AvgIpc) is 2.36. The van der Waals surface area contributed by atoms with Gasteiger partial charge in [-0.15, -0.1) is 0 Å². The van der Waals surface area contributed by atoms with Crippen LogP contribution in [0, 0.1) is 0 Å². The zero-order chi connectivity index (χ0) is 13.5. The normalized spacial score (nSPS) is 14.1. The predicted octanol–water partition coefficient (Wildman–Crippen LogP) is 1.13. The summed E-state index contributed by atoms with van der Waals surface area (Å²) in [6.45, 7) is 2.02. The van der Waals surface area contributed by atoms with E-state index in [1.54, 1.807) is 25.1 Å². The molecule has 5 heteroatoms. The van der Waals surface area contributed by atoms with Gasteiger partial charge in [-0.25, -0.2) is 0 Å². The molecule has 0 aliphatic heterocycles. The van der Waals surface area contributed by atoms with Crippen LogP contribution in [0.3, 0.4) is 0 Å². The molecule has 0 heterocycles. The molecular formula is C13H20O5. The molecule has 5 nitrogen and oxygen atoms in total. The van der Waals surface area contributed by atoms with E-state index < -0.39 is 12.2 Å². The maximum Gasteiger partial charge on any atom is 0.161 e. The zero-order valence-electron chi connectivity index (χ0n) is 10.9. The largest absolute Gasteiger partial charge is 0.493 e. The molecule has 0 aliphatic rings. The summed E-state index contributed by atoms with van der Waals surface area (Å²) >= 11 is 0. The second-order valence-electron chi connectivity index (χ2n) is 4.01. The highest BCUT2D eigenvalue weighted by Gasteiger charge is 2.11. The van der Waals surface area contributed by atoms with Crippen molar-refractivity contribution in [3.63, 3.8) is 0 Å². The molecule has 0 aliphatic carbocycles. The molecule has 2 N–H and O–H groups in total. The van der Waals surface area contributed by atoms with Crippen LogP contribution < -0.4 is 9.47 Å². The van der Waals surface area contributed by atoms with Gasteiger partial charge in [-0.2, -0.15) is 0 Å². The van der Waals surface area contributed by atoms with Crippen LogP contribution >= 0.6 is 0 Å². The highest BCUT2D eigenvalue weighted by Crippen LogP contribution is 2.30. The fraction of sp³-hybridized carbons (Fsp3) is 0.538. The van der Waals surface area contributed by atoms with Crippen molar-refractivity contribution in [3.05, 3.63) is 23.8 Å². The minimum absolute atomic E-state index is 0.123. The van der Waals surface area contributed by atoms with E-state index in [2.05, 4.69) is 0 Å². The van der Waals surface area contributed by atoms with Gasteiger partial charge in [0.05, 0.1) is 19.8 Å². The Bertz CT molecular complexity index is 364. The first-order valence-electron chi connectivity index (χ1n) is 5.74. The van der Waals surface area contributed by atoms with Gasteiger partial charge in [0.15, 0.2) is 11.5 Å². The third-order valence-electron chi connectivity index (χ3n) is 2.46. The lowest BCUT2D eigenvalue weighted by molar-refractivity contribution is 0.0319. The summed E-state index contributed by atoms with van der Waals surface area (Å²) < 4.78 is 15.4. The van der Waals surface area contributed by atoms with E-state index in [9.17, 15) is 10.2 Å². The topological polar surface area (TPSA) is 68.2 Å². The van der Waals surface area contributed by atoms with Crippen molar-refractivity contribution in [1.29, 1.82) is 0 Å². The van der Waals surface area contributed by atoms with Crippen molar-refractivity contribution in [2.24, 2.45) is 0 Å². The van der Waals surface area contributed by atoms with Gasteiger partial charge in [0, 0.05) is 7.11 Å². The SMILES string of the molecule is COCC(O)COc1ccc([C@@H](C)O)cc1OC. The van der Waals surface area contributed by atoms with Crippen LogP contribution in [0.5, 0.6) is 11.5 Å². The highest BCUT2D eigenvalue weighted by molar-refractivity contribution is 5.43. The van der Waals surface area contributed by atoms with E-state index in [-0.39, 0.29) is 13.2 Å². The molecule has 0 bridgehead atoms. The molecule has 1 unspecified atom stereocenters. The first-order chi connectivity index (χ1) is 8.58. The number of methoxy groups -OCH3 is 2. The number of aliphatic hydroxyl groups excluding tert-OH is 2. The third-order valence-corrected chi connectivity index (χ3v) is 2.46. The smallest absolute Gasteiger partial charge is 0.161 e. The molecule has 0 amide bonds. The number of benzene rings is 1. The molecule has 0 aromatic heterocycles. The fourth-order valence-electron chi connectivity index (χ4n) is 1.49. The van der Waals surface area contributed by atoms with Crippen molar-refractivity contribution in [1.82, 2.24) is 0 Å². The number of ether oxygens (including phenoxy) is 3. The zero-order valence-corrected chi connectivity index (χ0v) is 10.9. The van der Waals surface area contributed by atoms with Crippen LogP contribution in [0.2, 0.25) is 0 Å². The second-order valence-corrected chi connectivity index (χ2v) is 4.01. The molecule has 1 aromatic carbocycles. The Kier molecular flexibility index (Phi) is 5.91. The minimum atomic E-state index is -0.684. The Hall–Kier alpha value is -1.30. The first kappa shape index (κ1) is 14.8. The van der Waals surface area contributed by atoms with Crippen LogP contribution in [0.25, 0.3) is 0 Å². The quantitative estimate of drug-likeness (QED) is 0.765. The van der Waals surface area contributed by atoms with Crippen molar-refractivity contribution < 1.29 is 24.4 Å². The molecule has 0 spiro atoms. The molecule has 0 saturated heterocycles. The molecule has 2 atom stereocenters. The van der Waals surface area contributed by atoms with Crippen LogP contribution in [-0.4, -0.2) is 43.8 Å². The molecule has 0 fully saturated rings. The van der Waals surface area contributed by atoms with Crippen molar-refractivity contribution in [2.45, 2.75) is 19.1 Å². The van der Waals surface area contributed by atoms with Crippen LogP contribution in [0.1, 0.15) is 18.6 Å². The van der Waals surface area contributed by atoms with Gasteiger partial charge in [-0.05, 0) is 24.6 Å². The first-order valence-corrected chi connectivity index (χ1v) is 5.74. The molecule has 1 aromatic rings. The lowest BCUT2D eigenvalue weighted by atomic mass is 10.1.